The summed E-state index contributed by atoms with van der Waals surface area (Å²) in [5, 5.41) is 9.23. The molecule has 88 valence electrons. The van der Waals surface area contributed by atoms with Crippen molar-refractivity contribution in [1.29, 1.82) is 0 Å². The molecule has 1 atom stereocenters. The molecule has 1 fully saturated rings. The number of pyridine rings is 1. The molecule has 0 aromatic carbocycles. The zero-order chi connectivity index (χ0) is 11.4. The highest BCUT2D eigenvalue weighted by Crippen LogP contribution is 2.20. The molecule has 0 spiro atoms. The first-order valence-corrected chi connectivity index (χ1v) is 5.60. The Bertz CT molecular complexity index is 345. The number of nitrogens with one attached hydrogen (secondary N) is 1. The van der Waals surface area contributed by atoms with Gasteiger partial charge < -0.3 is 10.5 Å². The van der Waals surface area contributed by atoms with Gasteiger partial charge in [-0.25, -0.2) is 10.8 Å². The van der Waals surface area contributed by atoms with Crippen LogP contribution in [0.2, 0.25) is 0 Å². The Kier molecular flexibility index (Phi) is 3.71. The third kappa shape index (κ3) is 2.49. The summed E-state index contributed by atoms with van der Waals surface area (Å²) in [6.07, 6.45) is 4.00. The Balaban J connectivity index is 2.02. The van der Waals surface area contributed by atoms with E-state index < -0.39 is 0 Å². The van der Waals surface area contributed by atoms with Crippen molar-refractivity contribution in [2.24, 2.45) is 5.84 Å². The van der Waals surface area contributed by atoms with Crippen LogP contribution in [0.5, 0.6) is 0 Å². The minimum Gasteiger partial charge on any atom is -0.395 e. The fourth-order valence-electron chi connectivity index (χ4n) is 2.20. The molecule has 0 bridgehead atoms. The Morgan fingerprint density at radius 3 is 3.25 bits per heavy atom. The molecule has 0 radical (unpaired) electrons. The van der Waals surface area contributed by atoms with Crippen LogP contribution in [0.1, 0.15) is 18.4 Å². The van der Waals surface area contributed by atoms with E-state index in [2.05, 4.69) is 15.3 Å². The van der Waals surface area contributed by atoms with Crippen molar-refractivity contribution in [2.45, 2.75) is 25.4 Å². The summed E-state index contributed by atoms with van der Waals surface area (Å²) >= 11 is 0. The van der Waals surface area contributed by atoms with Gasteiger partial charge in [-0.2, -0.15) is 0 Å². The molecule has 1 aliphatic heterocycles. The number of aromatic nitrogens is 1. The molecular weight excluding hydrogens is 204 g/mol. The standard InChI is InChI=1S/C11H18N4O/c12-14-11-6-9(3-4-13-11)7-15-5-1-2-10(15)8-16/h3-4,6,10,16H,1-2,5,7-8,12H2,(H,13,14). The third-order valence-electron chi connectivity index (χ3n) is 3.07. The predicted molar refractivity (Wildman–Crippen MR) is 62.6 cm³/mol. The number of aliphatic hydroxyl groups excluding tert-OH is 1. The van der Waals surface area contributed by atoms with E-state index in [1.165, 1.54) is 5.56 Å². The van der Waals surface area contributed by atoms with Crippen LogP contribution in [-0.2, 0) is 6.54 Å². The molecule has 1 aromatic rings. The molecule has 2 rings (SSSR count). The average molecular weight is 222 g/mol. The quantitative estimate of drug-likeness (QED) is 0.505. The molecule has 16 heavy (non-hydrogen) atoms. The molecule has 2 heterocycles. The molecule has 5 heteroatoms. The second-order valence-corrected chi connectivity index (χ2v) is 4.14. The Morgan fingerprint density at radius 2 is 2.50 bits per heavy atom. The number of nitrogens with two attached hydrogens (primary N) is 1. The van der Waals surface area contributed by atoms with Gasteiger partial charge in [0.1, 0.15) is 5.82 Å². The van der Waals surface area contributed by atoms with Gasteiger partial charge in [-0.05, 0) is 37.1 Å². The van der Waals surface area contributed by atoms with Gasteiger partial charge in [0.05, 0.1) is 6.61 Å². The number of hydrogen-bond acceptors (Lipinski definition) is 5. The fraction of sp³-hybridized carbons (Fsp3) is 0.545. The van der Waals surface area contributed by atoms with Crippen LogP contribution in [-0.4, -0.2) is 34.2 Å². The molecule has 0 saturated carbocycles. The fourth-order valence-corrected chi connectivity index (χ4v) is 2.20. The van der Waals surface area contributed by atoms with E-state index in [0.717, 1.165) is 25.9 Å². The monoisotopic (exact) mass is 222 g/mol. The maximum atomic E-state index is 9.23. The maximum Gasteiger partial charge on any atom is 0.140 e. The lowest BCUT2D eigenvalue weighted by Crippen LogP contribution is -2.31. The summed E-state index contributed by atoms with van der Waals surface area (Å²) in [6.45, 7) is 2.15. The zero-order valence-corrected chi connectivity index (χ0v) is 9.26. The summed E-state index contributed by atoms with van der Waals surface area (Å²) in [7, 11) is 0. The van der Waals surface area contributed by atoms with E-state index in [0.29, 0.717) is 11.9 Å². The average Bonchev–Trinajstić information content (AvgIpc) is 2.76. The first-order chi connectivity index (χ1) is 7.83. The molecule has 5 nitrogen and oxygen atoms in total. The van der Waals surface area contributed by atoms with Gasteiger partial charge in [0.15, 0.2) is 0 Å². The molecule has 0 amide bonds. The Labute approximate surface area is 95.2 Å². The second kappa shape index (κ2) is 5.25. The minimum atomic E-state index is 0.243. The lowest BCUT2D eigenvalue weighted by molar-refractivity contribution is 0.153. The van der Waals surface area contributed by atoms with E-state index in [9.17, 15) is 5.11 Å². The summed E-state index contributed by atoms with van der Waals surface area (Å²) in [5.41, 5.74) is 3.71. The molecule has 4 N–H and O–H groups in total. The van der Waals surface area contributed by atoms with Gasteiger partial charge in [-0.1, -0.05) is 0 Å². The SMILES string of the molecule is NNc1cc(CN2CCCC2CO)ccn1. The molecule has 1 unspecified atom stereocenters. The highest BCUT2D eigenvalue weighted by atomic mass is 16.3. The lowest BCUT2D eigenvalue weighted by atomic mass is 10.2. The van der Waals surface area contributed by atoms with E-state index >= 15 is 0 Å². The molecule has 0 aliphatic carbocycles. The van der Waals surface area contributed by atoms with E-state index in [4.69, 9.17) is 5.84 Å². The van der Waals surface area contributed by atoms with Crippen LogP contribution >= 0.6 is 0 Å². The van der Waals surface area contributed by atoms with Crippen molar-refractivity contribution in [3.63, 3.8) is 0 Å². The number of hydrogen-bond donors (Lipinski definition) is 3. The minimum absolute atomic E-state index is 0.243. The van der Waals surface area contributed by atoms with Crippen molar-refractivity contribution in [2.75, 3.05) is 18.6 Å². The first kappa shape index (κ1) is 11.3. The molecular formula is C11H18N4O. The van der Waals surface area contributed by atoms with Crippen LogP contribution < -0.4 is 11.3 Å². The third-order valence-corrected chi connectivity index (χ3v) is 3.07. The number of nitrogens with zero attached hydrogens (tertiary/aromatic N) is 2. The van der Waals surface area contributed by atoms with E-state index in [1.807, 2.05) is 12.1 Å². The molecule has 1 aliphatic rings. The van der Waals surface area contributed by atoms with Gasteiger partial charge in [0.25, 0.3) is 0 Å². The van der Waals surface area contributed by atoms with Crippen molar-refractivity contribution in [3.05, 3.63) is 23.9 Å². The van der Waals surface area contributed by atoms with E-state index in [-0.39, 0.29) is 6.61 Å². The van der Waals surface area contributed by atoms with Crippen molar-refractivity contribution < 1.29 is 5.11 Å². The number of hydrazine groups is 1. The Hall–Kier alpha value is -1.17. The largest absolute Gasteiger partial charge is 0.395 e. The van der Waals surface area contributed by atoms with Gasteiger partial charge in [0.2, 0.25) is 0 Å². The summed E-state index contributed by atoms with van der Waals surface area (Å²) in [5.74, 6) is 5.99. The van der Waals surface area contributed by atoms with Crippen LogP contribution in [0.3, 0.4) is 0 Å². The van der Waals surface area contributed by atoms with Gasteiger partial charge >= 0.3 is 0 Å². The number of rotatable bonds is 4. The van der Waals surface area contributed by atoms with Crippen molar-refractivity contribution in [3.8, 4) is 0 Å². The summed E-state index contributed by atoms with van der Waals surface area (Å²) in [6, 6.07) is 4.22. The smallest absolute Gasteiger partial charge is 0.140 e. The number of aliphatic hydroxyl groups is 1. The summed E-state index contributed by atoms with van der Waals surface area (Å²) < 4.78 is 0. The van der Waals surface area contributed by atoms with Crippen LogP contribution in [0, 0.1) is 0 Å². The highest BCUT2D eigenvalue weighted by molar-refractivity contribution is 5.35. The maximum absolute atomic E-state index is 9.23. The zero-order valence-electron chi connectivity index (χ0n) is 9.26. The number of nitrogen functional groups attached to an aromatic ring is 1. The van der Waals surface area contributed by atoms with Gasteiger partial charge in [-0.3, -0.25) is 4.90 Å². The van der Waals surface area contributed by atoms with Gasteiger partial charge in [-0.15, -0.1) is 0 Å². The molecule has 1 aromatic heterocycles. The molecule has 1 saturated heterocycles. The number of anilines is 1. The van der Waals surface area contributed by atoms with Crippen molar-refractivity contribution >= 4 is 5.82 Å². The lowest BCUT2D eigenvalue weighted by Gasteiger charge is -2.22. The first-order valence-electron chi connectivity index (χ1n) is 5.60. The van der Waals surface area contributed by atoms with Crippen LogP contribution in [0.25, 0.3) is 0 Å². The Morgan fingerprint density at radius 1 is 1.62 bits per heavy atom. The topological polar surface area (TPSA) is 74.4 Å². The summed E-state index contributed by atoms with van der Waals surface area (Å²) in [4.78, 5) is 6.37. The predicted octanol–water partition coefficient (Wildman–Crippen LogP) is 0.324. The second-order valence-electron chi connectivity index (χ2n) is 4.14. The normalized spacial score (nSPS) is 21.2. The van der Waals surface area contributed by atoms with E-state index in [1.54, 1.807) is 6.20 Å². The number of likely N-dealkylation sites (tertiary alicyclic amines) is 1. The van der Waals surface area contributed by atoms with Crippen LogP contribution in [0.4, 0.5) is 5.82 Å². The van der Waals surface area contributed by atoms with Gasteiger partial charge in [0, 0.05) is 18.8 Å². The highest BCUT2D eigenvalue weighted by Gasteiger charge is 2.23. The van der Waals surface area contributed by atoms with Crippen LogP contribution in [0.15, 0.2) is 18.3 Å². The van der Waals surface area contributed by atoms with Crippen molar-refractivity contribution in [1.82, 2.24) is 9.88 Å².